The summed E-state index contributed by atoms with van der Waals surface area (Å²) in [6.45, 7) is 2.53. The van der Waals surface area contributed by atoms with Crippen molar-refractivity contribution in [3.8, 4) is 0 Å². The van der Waals surface area contributed by atoms with Gasteiger partial charge in [-0.15, -0.1) is 0 Å². The highest BCUT2D eigenvalue weighted by atomic mass is 32.2. The van der Waals surface area contributed by atoms with Crippen molar-refractivity contribution in [2.75, 3.05) is 33.1 Å². The highest BCUT2D eigenvalue weighted by Crippen LogP contribution is 2.10. The van der Waals surface area contributed by atoms with E-state index in [-0.39, 0.29) is 6.29 Å². The second-order valence-corrected chi connectivity index (χ2v) is 3.48. The van der Waals surface area contributed by atoms with Gasteiger partial charge >= 0.3 is 0 Å². The quantitative estimate of drug-likeness (QED) is 0.596. The minimum Gasteiger partial charge on any atom is -0.350 e. The highest BCUT2D eigenvalue weighted by molar-refractivity contribution is 7.96. The fraction of sp³-hybridized carbons (Fsp3) is 1.00. The number of rotatable bonds is 4. The summed E-state index contributed by atoms with van der Waals surface area (Å²) in [7, 11) is 2.07. The Labute approximate surface area is 72.2 Å². The molecule has 11 heavy (non-hydrogen) atoms. The molecule has 1 aliphatic heterocycles. The average Bonchev–Trinajstić information content (AvgIpc) is 2.52. The maximum Gasteiger partial charge on any atom is 0.159 e. The predicted molar refractivity (Wildman–Crippen MR) is 46.5 cm³/mol. The van der Waals surface area contributed by atoms with Crippen molar-refractivity contribution in [2.24, 2.45) is 0 Å². The van der Waals surface area contributed by atoms with E-state index in [0.717, 1.165) is 26.2 Å². The zero-order valence-electron chi connectivity index (χ0n) is 7.08. The van der Waals surface area contributed by atoms with E-state index in [0.29, 0.717) is 0 Å². The standard InChI is InChI=1S/C7H15NO2S/c1-8(11-2)4-3-7-9-5-6-10-7/h7H,3-6H2,1-2H3. The van der Waals surface area contributed by atoms with Gasteiger partial charge in [0.05, 0.1) is 13.2 Å². The van der Waals surface area contributed by atoms with Crippen LogP contribution < -0.4 is 0 Å². The van der Waals surface area contributed by atoms with Gasteiger partial charge in [-0.3, -0.25) is 4.31 Å². The summed E-state index contributed by atoms with van der Waals surface area (Å²) in [4.78, 5) is 0. The average molecular weight is 177 g/mol. The predicted octanol–water partition coefficient (Wildman–Crippen LogP) is 0.959. The Morgan fingerprint density at radius 2 is 2.09 bits per heavy atom. The van der Waals surface area contributed by atoms with Gasteiger partial charge in [0.25, 0.3) is 0 Å². The van der Waals surface area contributed by atoms with Gasteiger partial charge in [-0.05, 0) is 13.3 Å². The van der Waals surface area contributed by atoms with E-state index in [9.17, 15) is 0 Å². The van der Waals surface area contributed by atoms with Crippen LogP contribution in [0.3, 0.4) is 0 Å². The molecular formula is C7H15NO2S. The van der Waals surface area contributed by atoms with Crippen LogP contribution in [0.4, 0.5) is 0 Å². The first-order valence-electron chi connectivity index (χ1n) is 3.81. The van der Waals surface area contributed by atoms with Crippen LogP contribution in [0.15, 0.2) is 0 Å². The lowest BCUT2D eigenvalue weighted by Crippen LogP contribution is -2.17. The molecule has 4 heteroatoms. The molecule has 0 N–H and O–H groups in total. The van der Waals surface area contributed by atoms with Crippen LogP contribution in [-0.2, 0) is 9.47 Å². The molecular weight excluding hydrogens is 162 g/mol. The lowest BCUT2D eigenvalue weighted by Gasteiger charge is -2.14. The van der Waals surface area contributed by atoms with Gasteiger partial charge in [0.1, 0.15) is 0 Å². The molecule has 0 amide bonds. The van der Waals surface area contributed by atoms with Crippen LogP contribution >= 0.6 is 11.9 Å². The van der Waals surface area contributed by atoms with E-state index in [2.05, 4.69) is 17.6 Å². The third-order valence-corrected chi connectivity index (χ3v) is 2.49. The van der Waals surface area contributed by atoms with Crippen LogP contribution in [0.25, 0.3) is 0 Å². The Morgan fingerprint density at radius 3 is 2.64 bits per heavy atom. The van der Waals surface area contributed by atoms with E-state index >= 15 is 0 Å². The molecule has 0 spiro atoms. The molecule has 1 saturated heterocycles. The molecule has 0 aromatic heterocycles. The molecule has 0 saturated carbocycles. The van der Waals surface area contributed by atoms with Crippen molar-refractivity contribution in [1.82, 2.24) is 4.31 Å². The molecule has 0 radical (unpaired) electrons. The van der Waals surface area contributed by atoms with E-state index < -0.39 is 0 Å². The topological polar surface area (TPSA) is 21.7 Å². The van der Waals surface area contributed by atoms with E-state index in [4.69, 9.17) is 9.47 Å². The molecule has 0 bridgehead atoms. The van der Waals surface area contributed by atoms with Gasteiger partial charge in [0.2, 0.25) is 0 Å². The monoisotopic (exact) mass is 177 g/mol. The minimum absolute atomic E-state index is 0.0459. The van der Waals surface area contributed by atoms with Gasteiger partial charge in [0, 0.05) is 13.0 Å². The zero-order chi connectivity index (χ0) is 8.10. The van der Waals surface area contributed by atoms with Crippen molar-refractivity contribution in [2.45, 2.75) is 12.7 Å². The highest BCUT2D eigenvalue weighted by Gasteiger charge is 2.15. The zero-order valence-corrected chi connectivity index (χ0v) is 7.89. The number of hydrogen-bond donors (Lipinski definition) is 0. The first kappa shape index (κ1) is 9.32. The maximum absolute atomic E-state index is 5.29. The molecule has 1 heterocycles. The Morgan fingerprint density at radius 1 is 1.45 bits per heavy atom. The number of ether oxygens (including phenoxy) is 2. The SMILES string of the molecule is CSN(C)CCC1OCCO1. The molecule has 3 nitrogen and oxygen atoms in total. The third-order valence-electron chi connectivity index (χ3n) is 1.68. The second-order valence-electron chi connectivity index (χ2n) is 2.49. The van der Waals surface area contributed by atoms with Gasteiger partial charge in [-0.1, -0.05) is 11.9 Å². The fourth-order valence-electron chi connectivity index (χ4n) is 0.952. The Bertz CT molecular complexity index is 107. The van der Waals surface area contributed by atoms with Crippen molar-refractivity contribution < 1.29 is 9.47 Å². The Balaban J connectivity index is 2.01. The molecule has 0 aromatic rings. The second kappa shape index (κ2) is 4.98. The van der Waals surface area contributed by atoms with Crippen molar-refractivity contribution in [3.63, 3.8) is 0 Å². The molecule has 1 aliphatic rings. The van der Waals surface area contributed by atoms with Gasteiger partial charge in [-0.2, -0.15) is 0 Å². The van der Waals surface area contributed by atoms with Gasteiger partial charge < -0.3 is 9.47 Å². The first-order chi connectivity index (χ1) is 5.33. The number of nitrogens with zero attached hydrogens (tertiary/aromatic N) is 1. The van der Waals surface area contributed by atoms with E-state index in [1.165, 1.54) is 0 Å². The molecule has 66 valence electrons. The van der Waals surface area contributed by atoms with Gasteiger partial charge in [0.15, 0.2) is 6.29 Å². The Kier molecular flexibility index (Phi) is 4.22. The lowest BCUT2D eigenvalue weighted by molar-refractivity contribution is -0.0477. The Hall–Kier alpha value is 0.230. The van der Waals surface area contributed by atoms with E-state index in [1.54, 1.807) is 11.9 Å². The summed E-state index contributed by atoms with van der Waals surface area (Å²) in [6.07, 6.45) is 3.08. The maximum atomic E-state index is 5.29. The molecule has 0 aromatic carbocycles. The first-order valence-corrected chi connectivity index (χ1v) is 4.99. The smallest absolute Gasteiger partial charge is 0.159 e. The van der Waals surface area contributed by atoms with Crippen LogP contribution in [0.2, 0.25) is 0 Å². The number of hydrogen-bond acceptors (Lipinski definition) is 4. The summed E-state index contributed by atoms with van der Waals surface area (Å²) in [6, 6.07) is 0. The van der Waals surface area contributed by atoms with Crippen LogP contribution in [0.5, 0.6) is 0 Å². The summed E-state index contributed by atoms with van der Waals surface area (Å²) in [5.41, 5.74) is 0. The van der Waals surface area contributed by atoms with Crippen LogP contribution in [0.1, 0.15) is 6.42 Å². The third kappa shape index (κ3) is 3.42. The summed E-state index contributed by atoms with van der Waals surface area (Å²) < 4.78 is 12.8. The molecule has 0 atom stereocenters. The summed E-state index contributed by atoms with van der Waals surface area (Å²) in [5, 5.41) is 0. The van der Waals surface area contributed by atoms with Crippen molar-refractivity contribution in [3.05, 3.63) is 0 Å². The molecule has 1 rings (SSSR count). The summed E-state index contributed by atoms with van der Waals surface area (Å²) in [5.74, 6) is 0. The van der Waals surface area contributed by atoms with Crippen molar-refractivity contribution >= 4 is 11.9 Å². The summed E-state index contributed by atoms with van der Waals surface area (Å²) >= 11 is 1.73. The van der Waals surface area contributed by atoms with Gasteiger partial charge in [-0.25, -0.2) is 0 Å². The largest absolute Gasteiger partial charge is 0.350 e. The minimum atomic E-state index is 0.0459. The molecule has 1 fully saturated rings. The van der Waals surface area contributed by atoms with Crippen LogP contribution in [0, 0.1) is 0 Å². The molecule has 0 unspecified atom stereocenters. The molecule has 0 aliphatic carbocycles. The normalized spacial score (nSPS) is 19.9. The lowest BCUT2D eigenvalue weighted by atomic mass is 10.4. The van der Waals surface area contributed by atoms with E-state index in [1.807, 2.05) is 0 Å². The van der Waals surface area contributed by atoms with Crippen LogP contribution in [-0.4, -0.2) is 43.7 Å². The fourth-order valence-corrected chi connectivity index (χ4v) is 1.24. The van der Waals surface area contributed by atoms with Crippen molar-refractivity contribution in [1.29, 1.82) is 0 Å².